The molecule has 3 N–H and O–H groups in total. The molecule has 1 fully saturated rings. The van der Waals surface area contributed by atoms with Gasteiger partial charge < -0.3 is 25.1 Å². The number of esters is 1. The maximum atomic E-state index is 12.9. The zero-order valence-corrected chi connectivity index (χ0v) is 18.5. The topological polar surface area (TPSA) is 113 Å². The van der Waals surface area contributed by atoms with Crippen molar-refractivity contribution >= 4 is 17.9 Å². The molecule has 0 unspecified atom stereocenters. The summed E-state index contributed by atoms with van der Waals surface area (Å²) in [7, 11) is 0. The summed E-state index contributed by atoms with van der Waals surface area (Å²) in [6, 6.07) is 11.5. The van der Waals surface area contributed by atoms with Crippen molar-refractivity contribution in [3.8, 4) is 0 Å². The lowest BCUT2D eigenvalue weighted by atomic mass is 9.95. The second-order valence-electron chi connectivity index (χ2n) is 7.98. The Hall–Kier alpha value is -3.59. The van der Waals surface area contributed by atoms with E-state index in [9.17, 15) is 14.4 Å². The van der Waals surface area contributed by atoms with Crippen molar-refractivity contribution in [2.24, 2.45) is 0 Å². The molecule has 2 aliphatic heterocycles. The van der Waals surface area contributed by atoms with Crippen molar-refractivity contribution in [1.82, 2.24) is 20.9 Å². The first-order valence-corrected chi connectivity index (χ1v) is 11.1. The van der Waals surface area contributed by atoms with Gasteiger partial charge in [-0.1, -0.05) is 30.3 Å². The molecule has 2 atom stereocenters. The molecule has 1 saturated heterocycles. The highest BCUT2D eigenvalue weighted by Gasteiger charge is 2.37. The smallest absolute Gasteiger partial charge is 0.338 e. The molecule has 0 saturated carbocycles. The predicted octanol–water partition coefficient (Wildman–Crippen LogP) is 2.23. The molecule has 9 nitrogen and oxygen atoms in total. The zero-order chi connectivity index (χ0) is 23.2. The molecular formula is C24H28N4O5. The number of nitrogens with zero attached hydrogens (tertiary/aromatic N) is 1. The van der Waals surface area contributed by atoms with Crippen LogP contribution in [-0.2, 0) is 20.9 Å². The van der Waals surface area contributed by atoms with E-state index in [0.29, 0.717) is 36.5 Å². The van der Waals surface area contributed by atoms with E-state index in [0.717, 1.165) is 12.0 Å². The summed E-state index contributed by atoms with van der Waals surface area (Å²) in [6.07, 6.45) is 3.10. The van der Waals surface area contributed by atoms with Crippen molar-refractivity contribution < 1.29 is 23.5 Å². The zero-order valence-electron chi connectivity index (χ0n) is 18.5. The van der Waals surface area contributed by atoms with Gasteiger partial charge in [0.15, 0.2) is 0 Å². The molecule has 0 aliphatic carbocycles. The number of nitrogens with one attached hydrogen (secondary N) is 3. The monoisotopic (exact) mass is 452 g/mol. The van der Waals surface area contributed by atoms with E-state index in [4.69, 9.17) is 9.15 Å². The highest BCUT2D eigenvalue weighted by atomic mass is 16.5. The number of hydrogen-bond donors (Lipinski definition) is 3. The third-order valence-electron chi connectivity index (χ3n) is 5.83. The summed E-state index contributed by atoms with van der Waals surface area (Å²) in [5.74, 6) is 0.0745. The van der Waals surface area contributed by atoms with Crippen molar-refractivity contribution in [3.63, 3.8) is 0 Å². The van der Waals surface area contributed by atoms with E-state index in [-0.39, 0.29) is 25.1 Å². The fourth-order valence-electron chi connectivity index (χ4n) is 4.31. The number of hydrogen-bond acceptors (Lipinski definition) is 6. The predicted molar refractivity (Wildman–Crippen MR) is 120 cm³/mol. The minimum absolute atomic E-state index is 0.109. The molecule has 1 aromatic carbocycles. The van der Waals surface area contributed by atoms with E-state index >= 15 is 0 Å². The standard InChI is InChI=1S/C24H28N4O5/c1-2-32-23(30)20-18(26-24(31)27-21(20)16-8-4-3-5-9-16)15-28-12-6-11-19(28)22(29)25-14-17-10-7-13-33-17/h3-5,7-10,13,19,21H,2,6,11-12,14-15H2,1H3,(H,25,29)(H2,26,27,31)/t19-,21+/m1/s1. The number of carbonyl (C=O) groups excluding carboxylic acids is 3. The van der Waals surface area contributed by atoms with E-state index in [1.54, 1.807) is 25.3 Å². The highest BCUT2D eigenvalue weighted by Crippen LogP contribution is 2.29. The molecule has 1 aromatic heterocycles. The average Bonchev–Trinajstić information content (AvgIpc) is 3.50. The van der Waals surface area contributed by atoms with Gasteiger partial charge in [0.1, 0.15) is 5.76 Å². The maximum absolute atomic E-state index is 12.9. The number of carbonyl (C=O) groups is 3. The lowest BCUT2D eigenvalue weighted by Gasteiger charge is -2.32. The van der Waals surface area contributed by atoms with Crippen LogP contribution in [-0.4, -0.2) is 48.5 Å². The van der Waals surface area contributed by atoms with Crippen LogP contribution in [0.5, 0.6) is 0 Å². The normalized spacial score (nSPS) is 20.8. The van der Waals surface area contributed by atoms with Crippen LogP contribution < -0.4 is 16.0 Å². The SMILES string of the molecule is CCOC(=O)C1=C(CN2CCC[C@@H]2C(=O)NCc2ccco2)NC(=O)N[C@H]1c1ccccc1. The third-order valence-corrected chi connectivity index (χ3v) is 5.83. The summed E-state index contributed by atoms with van der Waals surface area (Å²) in [6.45, 7) is 3.20. The summed E-state index contributed by atoms with van der Waals surface area (Å²) in [4.78, 5) is 40.3. The van der Waals surface area contributed by atoms with Gasteiger partial charge in [-0.15, -0.1) is 0 Å². The first kappa shape index (κ1) is 22.6. The summed E-state index contributed by atoms with van der Waals surface area (Å²) in [5, 5.41) is 8.53. The van der Waals surface area contributed by atoms with Gasteiger partial charge in [-0.25, -0.2) is 9.59 Å². The van der Waals surface area contributed by atoms with E-state index in [1.165, 1.54) is 0 Å². The number of benzene rings is 1. The molecule has 2 aliphatic rings. The Kier molecular flexibility index (Phi) is 7.09. The van der Waals surface area contributed by atoms with Crippen LogP contribution in [0.3, 0.4) is 0 Å². The Balaban J connectivity index is 1.57. The molecular weight excluding hydrogens is 424 g/mol. The van der Waals surface area contributed by atoms with Crippen molar-refractivity contribution in [1.29, 1.82) is 0 Å². The van der Waals surface area contributed by atoms with Crippen LogP contribution in [0, 0.1) is 0 Å². The van der Waals surface area contributed by atoms with Crippen LogP contribution in [0.4, 0.5) is 4.79 Å². The Morgan fingerprint density at radius 1 is 1.21 bits per heavy atom. The summed E-state index contributed by atoms with van der Waals surface area (Å²) < 4.78 is 10.6. The lowest BCUT2D eigenvalue weighted by molar-refractivity contribution is -0.139. The first-order valence-electron chi connectivity index (χ1n) is 11.1. The van der Waals surface area contributed by atoms with Crippen LogP contribution in [0.2, 0.25) is 0 Å². The quantitative estimate of drug-likeness (QED) is 0.530. The van der Waals surface area contributed by atoms with Crippen LogP contribution in [0.15, 0.2) is 64.4 Å². The van der Waals surface area contributed by atoms with Gasteiger partial charge in [-0.3, -0.25) is 9.69 Å². The lowest BCUT2D eigenvalue weighted by Crippen LogP contribution is -2.50. The van der Waals surface area contributed by atoms with E-state index in [2.05, 4.69) is 16.0 Å². The minimum Gasteiger partial charge on any atom is -0.467 e. The molecule has 9 heteroatoms. The van der Waals surface area contributed by atoms with Crippen LogP contribution in [0.25, 0.3) is 0 Å². The Morgan fingerprint density at radius 2 is 2.03 bits per heavy atom. The molecule has 2 aromatic rings. The third kappa shape index (κ3) is 5.25. The van der Waals surface area contributed by atoms with Gasteiger partial charge in [-0.05, 0) is 44.0 Å². The van der Waals surface area contributed by atoms with Gasteiger partial charge in [0.05, 0.1) is 37.1 Å². The molecule has 3 amide bonds. The van der Waals surface area contributed by atoms with Gasteiger partial charge >= 0.3 is 12.0 Å². The molecule has 0 bridgehead atoms. The van der Waals surface area contributed by atoms with Crippen LogP contribution >= 0.6 is 0 Å². The summed E-state index contributed by atoms with van der Waals surface area (Å²) >= 11 is 0. The summed E-state index contributed by atoms with van der Waals surface area (Å²) in [5.41, 5.74) is 1.59. The number of rotatable bonds is 8. The molecule has 4 rings (SSSR count). The van der Waals surface area contributed by atoms with Gasteiger partial charge in [0.2, 0.25) is 5.91 Å². The number of ether oxygens (including phenoxy) is 1. The highest BCUT2D eigenvalue weighted by molar-refractivity contribution is 5.95. The minimum atomic E-state index is -0.636. The number of urea groups is 1. The average molecular weight is 453 g/mol. The molecule has 0 radical (unpaired) electrons. The molecule has 3 heterocycles. The van der Waals surface area contributed by atoms with E-state index < -0.39 is 18.0 Å². The number of amides is 3. The second-order valence-corrected chi connectivity index (χ2v) is 7.98. The van der Waals surface area contributed by atoms with Crippen molar-refractivity contribution in [2.75, 3.05) is 19.7 Å². The Labute approximate surface area is 192 Å². The number of likely N-dealkylation sites (tertiary alicyclic amines) is 1. The Morgan fingerprint density at radius 3 is 2.76 bits per heavy atom. The van der Waals surface area contributed by atoms with Gasteiger partial charge in [0, 0.05) is 12.2 Å². The fraction of sp³-hybridized carbons (Fsp3) is 0.375. The Bertz CT molecular complexity index is 1020. The first-order chi connectivity index (χ1) is 16.1. The van der Waals surface area contributed by atoms with Gasteiger partial charge in [0.25, 0.3) is 0 Å². The van der Waals surface area contributed by atoms with Crippen molar-refractivity contribution in [2.45, 2.75) is 38.4 Å². The molecule has 33 heavy (non-hydrogen) atoms. The second kappa shape index (κ2) is 10.4. The van der Waals surface area contributed by atoms with Crippen LogP contribution in [0.1, 0.15) is 37.1 Å². The van der Waals surface area contributed by atoms with Gasteiger partial charge in [-0.2, -0.15) is 0 Å². The van der Waals surface area contributed by atoms with E-state index in [1.807, 2.05) is 35.2 Å². The van der Waals surface area contributed by atoms with Crippen molar-refractivity contribution in [3.05, 3.63) is 71.3 Å². The number of furan rings is 1. The fourth-order valence-corrected chi connectivity index (χ4v) is 4.31. The molecule has 0 spiro atoms. The maximum Gasteiger partial charge on any atom is 0.338 e. The molecule has 174 valence electrons. The largest absolute Gasteiger partial charge is 0.467 e.